The summed E-state index contributed by atoms with van der Waals surface area (Å²) in [6.45, 7) is 4.57. The Kier molecular flexibility index (Phi) is 5.85. The van der Waals surface area contributed by atoms with E-state index >= 15 is 0 Å². The van der Waals surface area contributed by atoms with Crippen LogP contribution in [0.25, 0.3) is 0 Å². The third-order valence-electron chi connectivity index (χ3n) is 4.03. The smallest absolute Gasteiger partial charge is 0.321 e. The molecule has 0 aromatic rings. The maximum atomic E-state index is 11.9. The molecule has 4 unspecified atom stereocenters. The SMILES string of the molecule is CCOC(CCC1CCC2OC2C1)C(=O)O[SiH2]CC. The summed E-state index contributed by atoms with van der Waals surface area (Å²) in [6, 6.07) is 0.994. The van der Waals surface area contributed by atoms with E-state index in [0.717, 1.165) is 18.9 Å². The van der Waals surface area contributed by atoms with Crippen LogP contribution in [0.2, 0.25) is 6.04 Å². The van der Waals surface area contributed by atoms with Crippen LogP contribution in [0.4, 0.5) is 0 Å². The van der Waals surface area contributed by atoms with E-state index in [1.165, 1.54) is 19.3 Å². The highest BCUT2D eigenvalue weighted by atomic mass is 28.2. The molecule has 0 spiro atoms. The first kappa shape index (κ1) is 15.0. The van der Waals surface area contributed by atoms with Gasteiger partial charge in [-0.3, -0.25) is 4.79 Å². The van der Waals surface area contributed by atoms with Crippen LogP contribution in [0.5, 0.6) is 0 Å². The third-order valence-corrected chi connectivity index (χ3v) is 4.93. The number of carbonyl (C=O) groups is 1. The van der Waals surface area contributed by atoms with Gasteiger partial charge in [0.25, 0.3) is 0 Å². The molecule has 19 heavy (non-hydrogen) atoms. The summed E-state index contributed by atoms with van der Waals surface area (Å²) in [4.78, 5) is 11.9. The Bertz CT molecular complexity index is 297. The van der Waals surface area contributed by atoms with E-state index in [9.17, 15) is 4.79 Å². The Morgan fingerprint density at radius 3 is 2.89 bits per heavy atom. The molecule has 2 aliphatic rings. The molecule has 0 bridgehead atoms. The minimum Gasteiger partial charge on any atom is -0.523 e. The van der Waals surface area contributed by atoms with Gasteiger partial charge in [-0.2, -0.15) is 0 Å². The van der Waals surface area contributed by atoms with Gasteiger partial charge in [0.05, 0.1) is 12.2 Å². The molecule has 4 nitrogen and oxygen atoms in total. The van der Waals surface area contributed by atoms with E-state index in [2.05, 4.69) is 6.92 Å². The summed E-state index contributed by atoms with van der Waals surface area (Å²) in [5.41, 5.74) is 0. The normalized spacial score (nSPS) is 31.2. The average molecular weight is 286 g/mol. The number of ether oxygens (including phenoxy) is 2. The second-order valence-corrected chi connectivity index (χ2v) is 7.28. The number of hydrogen-bond donors (Lipinski definition) is 0. The van der Waals surface area contributed by atoms with Crippen molar-refractivity contribution in [2.45, 2.75) is 70.3 Å². The quantitative estimate of drug-likeness (QED) is 0.504. The largest absolute Gasteiger partial charge is 0.523 e. The predicted molar refractivity (Wildman–Crippen MR) is 75.8 cm³/mol. The van der Waals surface area contributed by atoms with Crippen molar-refractivity contribution in [3.05, 3.63) is 0 Å². The fourth-order valence-corrected chi connectivity index (χ4v) is 3.49. The fraction of sp³-hybridized carbons (Fsp3) is 0.929. The van der Waals surface area contributed by atoms with E-state index in [1.54, 1.807) is 0 Å². The van der Waals surface area contributed by atoms with Gasteiger partial charge in [0, 0.05) is 6.61 Å². The summed E-state index contributed by atoms with van der Waals surface area (Å²) < 4.78 is 16.4. The van der Waals surface area contributed by atoms with Crippen molar-refractivity contribution in [1.82, 2.24) is 0 Å². The monoisotopic (exact) mass is 286 g/mol. The van der Waals surface area contributed by atoms with Crippen molar-refractivity contribution < 1.29 is 18.7 Å². The summed E-state index contributed by atoms with van der Waals surface area (Å²) in [6.07, 6.45) is 6.18. The predicted octanol–water partition coefficient (Wildman–Crippen LogP) is 1.80. The lowest BCUT2D eigenvalue weighted by atomic mass is 9.85. The summed E-state index contributed by atoms with van der Waals surface area (Å²) >= 11 is 0. The molecular weight excluding hydrogens is 260 g/mol. The summed E-state index contributed by atoms with van der Waals surface area (Å²) in [5.74, 6) is 0.564. The first-order valence-electron chi connectivity index (χ1n) is 7.68. The number of carbonyl (C=O) groups excluding carboxylic acids is 1. The lowest BCUT2D eigenvalue weighted by molar-refractivity contribution is -0.147. The van der Waals surface area contributed by atoms with Crippen LogP contribution in [-0.4, -0.2) is 40.7 Å². The van der Waals surface area contributed by atoms with E-state index < -0.39 is 9.76 Å². The van der Waals surface area contributed by atoms with E-state index in [1.807, 2.05) is 6.92 Å². The highest BCUT2D eigenvalue weighted by Gasteiger charge is 2.43. The number of epoxide rings is 1. The highest BCUT2D eigenvalue weighted by Crippen LogP contribution is 2.41. The lowest BCUT2D eigenvalue weighted by Gasteiger charge is -2.22. The van der Waals surface area contributed by atoms with Gasteiger partial charge in [-0.1, -0.05) is 6.92 Å². The average Bonchev–Trinajstić information content (AvgIpc) is 3.19. The molecule has 1 aliphatic carbocycles. The van der Waals surface area contributed by atoms with Gasteiger partial charge < -0.3 is 13.9 Å². The van der Waals surface area contributed by atoms with Gasteiger partial charge in [-0.05, 0) is 51.0 Å². The highest BCUT2D eigenvalue weighted by molar-refractivity contribution is 6.30. The second kappa shape index (κ2) is 7.41. The molecule has 0 aromatic carbocycles. The van der Waals surface area contributed by atoms with Crippen LogP contribution in [0.1, 0.15) is 46.0 Å². The van der Waals surface area contributed by atoms with E-state index in [0.29, 0.717) is 24.7 Å². The van der Waals surface area contributed by atoms with E-state index in [-0.39, 0.29) is 12.1 Å². The third kappa shape index (κ3) is 4.58. The van der Waals surface area contributed by atoms with E-state index in [4.69, 9.17) is 13.9 Å². The Morgan fingerprint density at radius 2 is 2.21 bits per heavy atom. The molecule has 4 atom stereocenters. The van der Waals surface area contributed by atoms with Gasteiger partial charge >= 0.3 is 5.97 Å². The van der Waals surface area contributed by atoms with Crippen molar-refractivity contribution in [3.63, 3.8) is 0 Å². The Labute approximate surface area is 118 Å². The van der Waals surface area contributed by atoms with Gasteiger partial charge in [-0.15, -0.1) is 0 Å². The van der Waals surface area contributed by atoms with Crippen LogP contribution >= 0.6 is 0 Å². The first-order chi connectivity index (χ1) is 9.24. The summed E-state index contributed by atoms with van der Waals surface area (Å²) in [5, 5.41) is 0. The molecular formula is C14H26O4Si. The Hall–Kier alpha value is -0.393. The van der Waals surface area contributed by atoms with Crippen molar-refractivity contribution in [2.24, 2.45) is 5.92 Å². The first-order valence-corrected chi connectivity index (χ1v) is 9.26. The molecule has 110 valence electrons. The van der Waals surface area contributed by atoms with Crippen molar-refractivity contribution in [2.75, 3.05) is 6.61 Å². The molecule has 5 heteroatoms. The van der Waals surface area contributed by atoms with Crippen LogP contribution in [0.3, 0.4) is 0 Å². The van der Waals surface area contributed by atoms with Crippen molar-refractivity contribution in [1.29, 1.82) is 0 Å². The number of rotatable bonds is 8. The standard InChI is InChI=1S/C14H26O4Si/c1-3-16-12(14(15)18-19-4-2)8-6-10-5-7-11-13(9-10)17-11/h10-13H,3-9,19H2,1-2H3. The van der Waals surface area contributed by atoms with Gasteiger partial charge in [0.2, 0.25) is 9.76 Å². The van der Waals surface area contributed by atoms with Gasteiger partial charge in [0.1, 0.15) is 0 Å². The van der Waals surface area contributed by atoms with Crippen LogP contribution in [-0.2, 0) is 18.7 Å². The molecule has 0 radical (unpaired) electrons. The fourth-order valence-electron chi connectivity index (χ4n) is 2.90. The zero-order valence-electron chi connectivity index (χ0n) is 12.1. The molecule has 0 amide bonds. The van der Waals surface area contributed by atoms with Crippen LogP contribution < -0.4 is 0 Å². The maximum Gasteiger partial charge on any atom is 0.321 e. The molecule has 1 saturated heterocycles. The Morgan fingerprint density at radius 1 is 1.37 bits per heavy atom. The molecule has 0 aromatic heterocycles. The van der Waals surface area contributed by atoms with Crippen molar-refractivity contribution >= 4 is 15.7 Å². The molecule has 1 aliphatic heterocycles. The zero-order valence-corrected chi connectivity index (χ0v) is 13.5. The molecule has 1 heterocycles. The molecule has 2 fully saturated rings. The number of fused-ring (bicyclic) bond motifs is 1. The van der Waals surface area contributed by atoms with Gasteiger partial charge in [0.15, 0.2) is 6.10 Å². The minimum atomic E-state index is -0.677. The lowest BCUT2D eigenvalue weighted by Crippen LogP contribution is -2.29. The summed E-state index contributed by atoms with van der Waals surface area (Å²) in [7, 11) is -0.677. The zero-order chi connectivity index (χ0) is 13.7. The maximum absolute atomic E-state index is 11.9. The Balaban J connectivity index is 1.70. The molecule has 2 rings (SSSR count). The topological polar surface area (TPSA) is 48.1 Å². The van der Waals surface area contributed by atoms with Crippen LogP contribution in [0.15, 0.2) is 0 Å². The molecule has 0 N–H and O–H groups in total. The second-order valence-electron chi connectivity index (χ2n) is 5.58. The molecule has 1 saturated carbocycles. The van der Waals surface area contributed by atoms with Gasteiger partial charge in [-0.25, -0.2) is 0 Å². The minimum absolute atomic E-state index is 0.133. The van der Waals surface area contributed by atoms with Crippen molar-refractivity contribution in [3.8, 4) is 0 Å². The number of hydrogen-bond acceptors (Lipinski definition) is 4. The van der Waals surface area contributed by atoms with Crippen LogP contribution in [0, 0.1) is 5.92 Å².